The van der Waals surface area contributed by atoms with Crippen LogP contribution >= 0.6 is 23.2 Å². The number of nitrogens with one attached hydrogen (secondary N) is 1. The van der Waals surface area contributed by atoms with Crippen LogP contribution < -0.4 is 5.32 Å². The Morgan fingerprint density at radius 1 is 0.897 bits per heavy atom. The Bertz CT molecular complexity index is 1350. The van der Waals surface area contributed by atoms with E-state index in [9.17, 15) is 4.79 Å². The van der Waals surface area contributed by atoms with Crippen LogP contribution in [0.25, 0.3) is 33.5 Å². The van der Waals surface area contributed by atoms with Crippen molar-refractivity contribution in [1.29, 1.82) is 0 Å². The summed E-state index contributed by atoms with van der Waals surface area (Å²) < 4.78 is 11.4. The van der Waals surface area contributed by atoms with Crippen molar-refractivity contribution in [3.63, 3.8) is 0 Å². The van der Waals surface area contributed by atoms with Gasteiger partial charge in [0.1, 0.15) is 11.1 Å². The molecule has 0 unspecified atom stereocenters. The molecule has 0 aliphatic heterocycles. The maximum Gasteiger partial charge on any atom is 0.291 e. The highest BCUT2D eigenvalue weighted by Gasteiger charge is 2.16. The van der Waals surface area contributed by atoms with Gasteiger partial charge in [0, 0.05) is 11.1 Å². The molecule has 0 fully saturated rings. The monoisotopic (exact) mass is 422 g/mol. The summed E-state index contributed by atoms with van der Waals surface area (Å²) >= 11 is 12.3. The van der Waals surface area contributed by atoms with Crippen molar-refractivity contribution in [3.05, 3.63) is 82.5 Å². The Balaban J connectivity index is 1.45. The first-order valence-electron chi connectivity index (χ1n) is 8.73. The van der Waals surface area contributed by atoms with E-state index in [0.717, 1.165) is 5.39 Å². The van der Waals surface area contributed by atoms with Gasteiger partial charge in [-0.3, -0.25) is 4.79 Å². The molecule has 2 aromatic heterocycles. The van der Waals surface area contributed by atoms with Crippen LogP contribution in [0.3, 0.4) is 0 Å². The molecular formula is C22H12Cl2N2O3. The third kappa shape index (κ3) is 3.24. The zero-order chi connectivity index (χ0) is 20.0. The van der Waals surface area contributed by atoms with E-state index in [0.29, 0.717) is 43.9 Å². The highest BCUT2D eigenvalue weighted by molar-refractivity contribution is 6.43. The Hall–Kier alpha value is -3.28. The largest absolute Gasteiger partial charge is 0.451 e. The third-order valence-electron chi connectivity index (χ3n) is 4.48. The van der Waals surface area contributed by atoms with Gasteiger partial charge in [-0.15, -0.1) is 0 Å². The predicted molar refractivity (Wildman–Crippen MR) is 114 cm³/mol. The van der Waals surface area contributed by atoms with Crippen LogP contribution in [0.2, 0.25) is 10.0 Å². The van der Waals surface area contributed by atoms with Gasteiger partial charge in [-0.1, -0.05) is 47.5 Å². The van der Waals surface area contributed by atoms with Gasteiger partial charge in [-0.05, 0) is 42.5 Å². The van der Waals surface area contributed by atoms with Crippen LogP contribution in [-0.2, 0) is 0 Å². The third-order valence-corrected chi connectivity index (χ3v) is 5.30. The molecule has 1 amide bonds. The molecule has 29 heavy (non-hydrogen) atoms. The number of carbonyl (C=O) groups excluding carboxylic acids is 1. The lowest BCUT2D eigenvalue weighted by Crippen LogP contribution is -2.10. The second-order valence-electron chi connectivity index (χ2n) is 6.41. The molecule has 0 saturated carbocycles. The summed E-state index contributed by atoms with van der Waals surface area (Å²) in [6.07, 6.45) is 0. The van der Waals surface area contributed by atoms with Crippen LogP contribution in [0.5, 0.6) is 0 Å². The average molecular weight is 423 g/mol. The van der Waals surface area contributed by atoms with Crippen molar-refractivity contribution in [2.45, 2.75) is 0 Å². The number of aromatic nitrogens is 1. The number of anilines is 1. The minimum absolute atomic E-state index is 0.234. The van der Waals surface area contributed by atoms with Crippen molar-refractivity contribution in [1.82, 2.24) is 4.98 Å². The molecule has 3 aromatic carbocycles. The van der Waals surface area contributed by atoms with E-state index in [-0.39, 0.29) is 11.7 Å². The number of benzene rings is 3. The number of amides is 1. The van der Waals surface area contributed by atoms with E-state index in [2.05, 4.69) is 10.3 Å². The van der Waals surface area contributed by atoms with Gasteiger partial charge in [-0.2, -0.15) is 0 Å². The van der Waals surface area contributed by atoms with Gasteiger partial charge in [-0.25, -0.2) is 4.98 Å². The van der Waals surface area contributed by atoms with E-state index in [1.54, 1.807) is 42.5 Å². The smallest absolute Gasteiger partial charge is 0.291 e. The van der Waals surface area contributed by atoms with Gasteiger partial charge < -0.3 is 14.2 Å². The topological polar surface area (TPSA) is 68.3 Å². The molecule has 5 rings (SSSR count). The van der Waals surface area contributed by atoms with Gasteiger partial charge in [0.15, 0.2) is 11.3 Å². The van der Waals surface area contributed by atoms with Gasteiger partial charge >= 0.3 is 0 Å². The Kier molecular flexibility index (Phi) is 4.27. The SMILES string of the molecule is O=C(Nc1ccc2oc(-c3cccc(Cl)c3Cl)nc2c1)c1cc2ccccc2o1. The van der Waals surface area contributed by atoms with E-state index >= 15 is 0 Å². The van der Waals surface area contributed by atoms with E-state index in [1.165, 1.54) is 0 Å². The molecule has 2 heterocycles. The summed E-state index contributed by atoms with van der Waals surface area (Å²) in [5.74, 6) is 0.244. The van der Waals surface area contributed by atoms with Crippen molar-refractivity contribution in [2.24, 2.45) is 0 Å². The molecular weight excluding hydrogens is 411 g/mol. The first kappa shape index (κ1) is 17.8. The summed E-state index contributed by atoms with van der Waals surface area (Å²) in [5, 5.41) is 4.48. The molecule has 0 saturated heterocycles. The Morgan fingerprint density at radius 3 is 2.62 bits per heavy atom. The molecule has 0 spiro atoms. The molecule has 1 N–H and O–H groups in total. The predicted octanol–water partition coefficient (Wildman–Crippen LogP) is 6.80. The summed E-state index contributed by atoms with van der Waals surface area (Å²) in [5.41, 5.74) is 2.98. The first-order chi connectivity index (χ1) is 14.1. The average Bonchev–Trinajstić information content (AvgIpc) is 3.33. The van der Waals surface area contributed by atoms with Crippen LogP contribution in [0, 0.1) is 0 Å². The zero-order valence-electron chi connectivity index (χ0n) is 14.8. The number of rotatable bonds is 3. The molecule has 5 aromatic rings. The second-order valence-corrected chi connectivity index (χ2v) is 7.19. The van der Waals surface area contributed by atoms with E-state index < -0.39 is 0 Å². The minimum atomic E-state index is -0.345. The molecule has 7 heteroatoms. The second kappa shape index (κ2) is 6.95. The lowest BCUT2D eigenvalue weighted by Gasteiger charge is -2.02. The number of oxazole rings is 1. The summed E-state index contributed by atoms with van der Waals surface area (Å²) in [4.78, 5) is 17.0. The van der Waals surface area contributed by atoms with Crippen LogP contribution in [0.15, 0.2) is 75.6 Å². The number of hydrogen-bond acceptors (Lipinski definition) is 4. The fourth-order valence-electron chi connectivity index (χ4n) is 3.08. The van der Waals surface area contributed by atoms with Gasteiger partial charge in [0.05, 0.1) is 15.6 Å². The fraction of sp³-hybridized carbons (Fsp3) is 0. The van der Waals surface area contributed by atoms with Crippen molar-refractivity contribution in [2.75, 3.05) is 5.32 Å². The summed E-state index contributed by atoms with van der Waals surface area (Å²) in [6, 6.07) is 19.6. The molecule has 0 aliphatic rings. The fourth-order valence-corrected chi connectivity index (χ4v) is 3.46. The van der Waals surface area contributed by atoms with Crippen LogP contribution in [0.4, 0.5) is 5.69 Å². The number of halogens is 2. The van der Waals surface area contributed by atoms with Crippen molar-refractivity contribution >= 4 is 56.9 Å². The molecule has 5 nitrogen and oxygen atoms in total. The molecule has 142 valence electrons. The highest BCUT2D eigenvalue weighted by atomic mass is 35.5. The number of para-hydroxylation sites is 1. The van der Waals surface area contributed by atoms with Crippen LogP contribution in [-0.4, -0.2) is 10.9 Å². The standard InChI is InChI=1S/C22H12Cl2N2O3/c23-15-6-3-5-14(20(15)24)22-26-16-11-13(8-9-18(16)29-22)25-21(27)19-10-12-4-1-2-7-17(12)28-19/h1-11H,(H,25,27). The Labute approximate surface area is 174 Å². The first-order valence-corrected chi connectivity index (χ1v) is 9.49. The normalized spacial score (nSPS) is 11.2. The molecule has 0 aliphatic carbocycles. The molecule has 0 radical (unpaired) electrons. The number of hydrogen-bond donors (Lipinski definition) is 1. The number of fused-ring (bicyclic) bond motifs is 2. The lowest BCUT2D eigenvalue weighted by molar-refractivity contribution is 0.0998. The van der Waals surface area contributed by atoms with Crippen molar-refractivity contribution in [3.8, 4) is 11.5 Å². The van der Waals surface area contributed by atoms with E-state index in [4.69, 9.17) is 32.0 Å². The Morgan fingerprint density at radius 2 is 1.76 bits per heavy atom. The summed E-state index contributed by atoms with van der Waals surface area (Å²) in [7, 11) is 0. The lowest BCUT2D eigenvalue weighted by atomic mass is 10.2. The quantitative estimate of drug-likeness (QED) is 0.347. The summed E-state index contributed by atoms with van der Waals surface area (Å²) in [6.45, 7) is 0. The maximum absolute atomic E-state index is 12.5. The maximum atomic E-state index is 12.5. The minimum Gasteiger partial charge on any atom is -0.451 e. The van der Waals surface area contributed by atoms with Crippen molar-refractivity contribution < 1.29 is 13.6 Å². The molecule has 0 bridgehead atoms. The highest BCUT2D eigenvalue weighted by Crippen LogP contribution is 2.35. The van der Waals surface area contributed by atoms with Crippen LogP contribution in [0.1, 0.15) is 10.6 Å². The number of carbonyl (C=O) groups is 1. The van der Waals surface area contributed by atoms with E-state index in [1.807, 2.05) is 24.3 Å². The number of nitrogens with zero attached hydrogens (tertiary/aromatic N) is 1. The van der Waals surface area contributed by atoms with Gasteiger partial charge in [0.2, 0.25) is 5.89 Å². The zero-order valence-corrected chi connectivity index (χ0v) is 16.3. The number of furan rings is 1. The van der Waals surface area contributed by atoms with Gasteiger partial charge in [0.25, 0.3) is 5.91 Å². The molecule has 0 atom stereocenters.